The highest BCUT2D eigenvalue weighted by Gasteiger charge is 2.22. The van der Waals surface area contributed by atoms with Gasteiger partial charge in [-0.25, -0.2) is 4.98 Å². The van der Waals surface area contributed by atoms with Gasteiger partial charge in [0.1, 0.15) is 0 Å². The molecule has 2 heterocycles. The molecule has 1 aromatic heterocycles. The molecule has 0 radical (unpaired) electrons. The SMILES string of the molecule is COCc1nc(N2CCN(C(C)C)CC2)sc1CN. The smallest absolute Gasteiger partial charge is 0.185 e. The van der Waals surface area contributed by atoms with Gasteiger partial charge in [0.25, 0.3) is 0 Å². The summed E-state index contributed by atoms with van der Waals surface area (Å²) < 4.78 is 5.18. The van der Waals surface area contributed by atoms with Gasteiger partial charge in [-0.15, -0.1) is 11.3 Å². The summed E-state index contributed by atoms with van der Waals surface area (Å²) in [4.78, 5) is 10.7. The van der Waals surface area contributed by atoms with E-state index in [0.29, 0.717) is 19.2 Å². The second-order valence-electron chi connectivity index (χ2n) is 5.12. The number of ether oxygens (including phenoxy) is 1. The summed E-state index contributed by atoms with van der Waals surface area (Å²) in [5.74, 6) is 0. The molecule has 0 unspecified atom stereocenters. The fourth-order valence-corrected chi connectivity index (χ4v) is 3.34. The summed E-state index contributed by atoms with van der Waals surface area (Å²) in [6, 6.07) is 0.627. The second kappa shape index (κ2) is 6.65. The number of rotatable bonds is 5. The Morgan fingerprint density at radius 3 is 2.53 bits per heavy atom. The van der Waals surface area contributed by atoms with Crippen LogP contribution in [0.2, 0.25) is 0 Å². The summed E-state index contributed by atoms with van der Waals surface area (Å²) in [6.45, 7) is 9.90. The summed E-state index contributed by atoms with van der Waals surface area (Å²) in [5.41, 5.74) is 6.77. The molecule has 0 amide bonds. The number of aromatic nitrogens is 1. The Morgan fingerprint density at radius 2 is 2.00 bits per heavy atom. The van der Waals surface area contributed by atoms with Crippen molar-refractivity contribution in [3.8, 4) is 0 Å². The third-order valence-electron chi connectivity index (χ3n) is 3.55. The Kier molecular flexibility index (Phi) is 5.15. The van der Waals surface area contributed by atoms with Crippen LogP contribution in [0.15, 0.2) is 0 Å². The van der Waals surface area contributed by atoms with E-state index in [1.54, 1.807) is 18.4 Å². The first-order valence-corrected chi connectivity index (χ1v) is 7.64. The van der Waals surface area contributed by atoms with Gasteiger partial charge in [-0.3, -0.25) is 4.90 Å². The lowest BCUT2D eigenvalue weighted by Gasteiger charge is -2.36. The quantitative estimate of drug-likeness (QED) is 0.883. The largest absolute Gasteiger partial charge is 0.378 e. The highest BCUT2D eigenvalue weighted by atomic mass is 32.1. The molecule has 5 nitrogen and oxygen atoms in total. The van der Waals surface area contributed by atoms with E-state index < -0.39 is 0 Å². The van der Waals surface area contributed by atoms with E-state index in [2.05, 4.69) is 28.6 Å². The highest BCUT2D eigenvalue weighted by molar-refractivity contribution is 7.15. The third kappa shape index (κ3) is 3.45. The molecular weight excluding hydrogens is 260 g/mol. The zero-order valence-corrected chi connectivity index (χ0v) is 12.9. The number of piperazine rings is 1. The van der Waals surface area contributed by atoms with Crippen LogP contribution in [0.3, 0.4) is 0 Å². The number of thiazole rings is 1. The van der Waals surface area contributed by atoms with Crippen molar-refractivity contribution in [2.24, 2.45) is 5.73 Å². The van der Waals surface area contributed by atoms with Crippen LogP contribution < -0.4 is 10.6 Å². The van der Waals surface area contributed by atoms with Crippen molar-refractivity contribution in [3.05, 3.63) is 10.6 Å². The molecule has 6 heteroatoms. The van der Waals surface area contributed by atoms with E-state index in [4.69, 9.17) is 10.5 Å². The molecule has 2 rings (SSSR count). The maximum Gasteiger partial charge on any atom is 0.185 e. The number of nitrogens with zero attached hydrogens (tertiary/aromatic N) is 3. The molecule has 0 spiro atoms. The van der Waals surface area contributed by atoms with E-state index in [1.807, 2.05) is 0 Å². The minimum atomic E-state index is 0.544. The fraction of sp³-hybridized carbons (Fsp3) is 0.769. The molecule has 0 aliphatic carbocycles. The van der Waals surface area contributed by atoms with E-state index in [0.717, 1.165) is 41.9 Å². The average Bonchev–Trinajstić information content (AvgIpc) is 2.82. The zero-order valence-electron chi connectivity index (χ0n) is 12.1. The minimum Gasteiger partial charge on any atom is -0.378 e. The van der Waals surface area contributed by atoms with Crippen LogP contribution in [-0.2, 0) is 17.9 Å². The van der Waals surface area contributed by atoms with Crippen LogP contribution in [0.25, 0.3) is 0 Å². The average molecular weight is 284 g/mol. The van der Waals surface area contributed by atoms with E-state index in [1.165, 1.54) is 0 Å². The Hall–Kier alpha value is -0.690. The molecule has 1 aromatic rings. The Morgan fingerprint density at radius 1 is 1.32 bits per heavy atom. The molecule has 19 heavy (non-hydrogen) atoms. The summed E-state index contributed by atoms with van der Waals surface area (Å²) in [7, 11) is 1.70. The number of hydrogen-bond acceptors (Lipinski definition) is 6. The van der Waals surface area contributed by atoms with Crippen LogP contribution in [0.4, 0.5) is 5.13 Å². The normalized spacial score (nSPS) is 17.4. The van der Waals surface area contributed by atoms with Crippen molar-refractivity contribution in [2.75, 3.05) is 38.2 Å². The van der Waals surface area contributed by atoms with Gasteiger partial charge in [0.15, 0.2) is 5.13 Å². The number of anilines is 1. The van der Waals surface area contributed by atoms with Crippen LogP contribution in [0, 0.1) is 0 Å². The standard InChI is InChI=1S/C13H24N4OS/c1-10(2)16-4-6-17(7-5-16)13-15-11(9-18-3)12(8-14)19-13/h10H,4-9,14H2,1-3H3. The molecule has 1 saturated heterocycles. The number of methoxy groups -OCH3 is 1. The number of nitrogens with two attached hydrogens (primary N) is 1. The third-order valence-corrected chi connectivity index (χ3v) is 4.73. The maximum absolute atomic E-state index is 5.77. The van der Waals surface area contributed by atoms with Crippen molar-refractivity contribution in [2.45, 2.75) is 33.0 Å². The van der Waals surface area contributed by atoms with Gasteiger partial charge in [-0.05, 0) is 13.8 Å². The molecule has 1 aliphatic heterocycles. The Bertz CT molecular complexity index is 399. The summed E-state index contributed by atoms with van der Waals surface area (Å²) in [5, 5.41) is 1.09. The molecule has 108 valence electrons. The van der Waals surface area contributed by atoms with Gasteiger partial charge in [-0.2, -0.15) is 0 Å². The monoisotopic (exact) mass is 284 g/mol. The molecule has 0 saturated carbocycles. The van der Waals surface area contributed by atoms with E-state index in [-0.39, 0.29) is 0 Å². The lowest BCUT2D eigenvalue weighted by atomic mass is 10.2. The van der Waals surface area contributed by atoms with Crippen LogP contribution in [-0.4, -0.2) is 49.2 Å². The van der Waals surface area contributed by atoms with Crippen LogP contribution >= 0.6 is 11.3 Å². The lowest BCUT2D eigenvalue weighted by Crippen LogP contribution is -2.48. The van der Waals surface area contributed by atoms with Gasteiger partial charge in [0, 0.05) is 50.8 Å². The van der Waals surface area contributed by atoms with Crippen molar-refractivity contribution in [1.82, 2.24) is 9.88 Å². The molecule has 1 fully saturated rings. The fourth-order valence-electron chi connectivity index (χ4n) is 2.34. The van der Waals surface area contributed by atoms with E-state index in [9.17, 15) is 0 Å². The first-order valence-electron chi connectivity index (χ1n) is 6.82. The van der Waals surface area contributed by atoms with E-state index >= 15 is 0 Å². The van der Waals surface area contributed by atoms with Crippen LogP contribution in [0.5, 0.6) is 0 Å². The van der Waals surface area contributed by atoms with Crippen molar-refractivity contribution in [1.29, 1.82) is 0 Å². The van der Waals surface area contributed by atoms with Gasteiger partial charge >= 0.3 is 0 Å². The van der Waals surface area contributed by atoms with Crippen molar-refractivity contribution < 1.29 is 4.74 Å². The first kappa shape index (κ1) is 14.7. The van der Waals surface area contributed by atoms with Crippen molar-refractivity contribution >= 4 is 16.5 Å². The van der Waals surface area contributed by atoms with Crippen molar-refractivity contribution in [3.63, 3.8) is 0 Å². The maximum atomic E-state index is 5.77. The zero-order chi connectivity index (χ0) is 13.8. The minimum absolute atomic E-state index is 0.544. The van der Waals surface area contributed by atoms with Gasteiger partial charge < -0.3 is 15.4 Å². The Balaban J connectivity index is 2.03. The topological polar surface area (TPSA) is 54.6 Å². The molecule has 0 bridgehead atoms. The Labute approximate surface area is 119 Å². The molecule has 0 atom stereocenters. The molecule has 0 aromatic carbocycles. The second-order valence-corrected chi connectivity index (χ2v) is 6.18. The number of hydrogen-bond donors (Lipinski definition) is 1. The molecular formula is C13H24N4OS. The summed E-state index contributed by atoms with van der Waals surface area (Å²) in [6.07, 6.45) is 0. The van der Waals surface area contributed by atoms with Gasteiger partial charge in [0.05, 0.1) is 12.3 Å². The lowest BCUT2D eigenvalue weighted by molar-refractivity contribution is 0.181. The first-order chi connectivity index (χ1) is 9.15. The molecule has 1 aliphatic rings. The van der Waals surface area contributed by atoms with Gasteiger partial charge in [-0.1, -0.05) is 0 Å². The summed E-state index contributed by atoms with van der Waals surface area (Å²) >= 11 is 1.71. The highest BCUT2D eigenvalue weighted by Crippen LogP contribution is 2.27. The predicted molar refractivity (Wildman–Crippen MR) is 79.6 cm³/mol. The predicted octanol–water partition coefficient (Wildman–Crippen LogP) is 1.28. The molecule has 2 N–H and O–H groups in total. The van der Waals surface area contributed by atoms with Crippen LogP contribution in [0.1, 0.15) is 24.4 Å². The van der Waals surface area contributed by atoms with Gasteiger partial charge in [0.2, 0.25) is 0 Å².